The van der Waals surface area contributed by atoms with Crippen LogP contribution in [0.4, 0.5) is 5.69 Å². The van der Waals surface area contributed by atoms with Crippen molar-refractivity contribution in [1.82, 2.24) is 10.2 Å². The number of sulfonamides is 1. The van der Waals surface area contributed by atoms with Crippen molar-refractivity contribution in [2.75, 3.05) is 23.7 Å². The van der Waals surface area contributed by atoms with Crippen molar-refractivity contribution in [3.8, 4) is 5.75 Å². The van der Waals surface area contributed by atoms with Gasteiger partial charge in [0, 0.05) is 36.4 Å². The third kappa shape index (κ3) is 10.3. The number of halogens is 1. The van der Waals surface area contributed by atoms with Gasteiger partial charge >= 0.3 is 0 Å². The molecule has 0 saturated heterocycles. The fourth-order valence-corrected chi connectivity index (χ4v) is 7.27. The molecule has 3 aromatic rings. The first-order valence-electron chi connectivity index (χ1n) is 15.7. The molecule has 0 bridgehead atoms. The Morgan fingerprint density at radius 3 is 2.33 bits per heavy atom. The molecule has 0 radical (unpaired) electrons. The zero-order valence-corrected chi connectivity index (χ0v) is 28.6. The number of ether oxygens (including phenoxy) is 1. The number of nitrogens with one attached hydrogen (secondary N) is 1. The van der Waals surface area contributed by atoms with Gasteiger partial charge in [0.1, 0.15) is 11.8 Å². The highest BCUT2D eigenvalue weighted by molar-refractivity contribution is 9.10. The lowest BCUT2D eigenvalue weighted by Crippen LogP contribution is -2.52. The van der Waals surface area contributed by atoms with Crippen LogP contribution < -0.4 is 14.4 Å². The molecule has 1 saturated carbocycles. The predicted octanol–water partition coefficient (Wildman–Crippen LogP) is 6.48. The number of rotatable bonds is 15. The van der Waals surface area contributed by atoms with Gasteiger partial charge in [-0.1, -0.05) is 89.8 Å². The molecule has 0 aromatic heterocycles. The minimum atomic E-state index is -3.66. The molecule has 3 aromatic carbocycles. The molecule has 1 N–H and O–H groups in total. The minimum absolute atomic E-state index is 0.0683. The fraction of sp³-hybridized carbons (Fsp3) is 0.429. The van der Waals surface area contributed by atoms with Gasteiger partial charge < -0.3 is 15.0 Å². The van der Waals surface area contributed by atoms with E-state index in [1.807, 2.05) is 61.5 Å². The van der Waals surface area contributed by atoms with Crippen molar-refractivity contribution >= 4 is 43.5 Å². The number of benzene rings is 3. The summed E-state index contributed by atoms with van der Waals surface area (Å²) < 4.78 is 33.6. The second-order valence-electron chi connectivity index (χ2n) is 11.5. The Hall–Kier alpha value is -3.37. The maximum atomic E-state index is 14.1. The molecule has 0 spiro atoms. The van der Waals surface area contributed by atoms with E-state index in [0.29, 0.717) is 24.5 Å². The third-order valence-corrected chi connectivity index (χ3v) is 9.72. The molecular formula is C35H44BrN3O5S. The van der Waals surface area contributed by atoms with E-state index in [4.69, 9.17) is 4.74 Å². The zero-order chi connectivity index (χ0) is 32.2. The Kier molecular flexibility index (Phi) is 12.9. The predicted molar refractivity (Wildman–Crippen MR) is 183 cm³/mol. The maximum Gasteiger partial charge on any atom is 0.243 e. The van der Waals surface area contributed by atoms with Crippen molar-refractivity contribution in [1.29, 1.82) is 0 Å². The number of hydrogen-bond donors (Lipinski definition) is 1. The summed E-state index contributed by atoms with van der Waals surface area (Å²) >= 11 is 3.53. The highest BCUT2D eigenvalue weighted by Crippen LogP contribution is 2.30. The molecule has 1 unspecified atom stereocenters. The van der Waals surface area contributed by atoms with Crippen LogP contribution in [0.2, 0.25) is 0 Å². The normalized spacial score (nSPS) is 14.4. The molecule has 242 valence electrons. The van der Waals surface area contributed by atoms with Crippen LogP contribution in [0.3, 0.4) is 0 Å². The molecule has 0 aliphatic heterocycles. The molecule has 2 amide bonds. The average molecular weight is 699 g/mol. The van der Waals surface area contributed by atoms with E-state index in [0.717, 1.165) is 47.5 Å². The molecule has 1 aliphatic rings. The van der Waals surface area contributed by atoms with Gasteiger partial charge in [0.15, 0.2) is 0 Å². The molecule has 8 nitrogen and oxygen atoms in total. The first-order valence-corrected chi connectivity index (χ1v) is 18.4. The third-order valence-electron chi connectivity index (χ3n) is 8.05. The SMILES string of the molecule is CCOc1ccccc1N(CCCC(=O)N(Cc1cccc(Br)c1)C(Cc1ccccc1)C(=O)NC1CCCCC1)S(C)(=O)=O. The van der Waals surface area contributed by atoms with E-state index in [9.17, 15) is 18.0 Å². The van der Waals surface area contributed by atoms with E-state index in [1.165, 1.54) is 10.7 Å². The van der Waals surface area contributed by atoms with Crippen LogP contribution in [0.25, 0.3) is 0 Å². The number of carbonyl (C=O) groups is 2. The van der Waals surface area contributed by atoms with Crippen LogP contribution in [0, 0.1) is 0 Å². The summed E-state index contributed by atoms with van der Waals surface area (Å²) in [5.74, 6) is 0.106. The van der Waals surface area contributed by atoms with Crippen molar-refractivity contribution in [3.63, 3.8) is 0 Å². The number of anilines is 1. The first kappa shape index (κ1) is 34.5. The lowest BCUT2D eigenvalue weighted by atomic mass is 9.94. The summed E-state index contributed by atoms with van der Waals surface area (Å²) in [4.78, 5) is 29.8. The highest BCUT2D eigenvalue weighted by atomic mass is 79.9. The van der Waals surface area contributed by atoms with Crippen molar-refractivity contribution in [2.45, 2.75) is 76.9 Å². The van der Waals surface area contributed by atoms with E-state index >= 15 is 0 Å². The maximum absolute atomic E-state index is 14.1. The molecule has 45 heavy (non-hydrogen) atoms. The molecule has 10 heteroatoms. The number of amides is 2. The van der Waals surface area contributed by atoms with Crippen LogP contribution in [0.5, 0.6) is 5.75 Å². The lowest BCUT2D eigenvalue weighted by Gasteiger charge is -2.34. The Labute approximate surface area is 276 Å². The van der Waals surface area contributed by atoms with Gasteiger partial charge in [0.25, 0.3) is 0 Å². The molecular weight excluding hydrogens is 654 g/mol. The molecule has 1 fully saturated rings. The van der Waals surface area contributed by atoms with Crippen LogP contribution in [-0.4, -0.2) is 56.6 Å². The van der Waals surface area contributed by atoms with Crippen LogP contribution in [-0.2, 0) is 32.6 Å². The first-order chi connectivity index (χ1) is 21.7. The zero-order valence-electron chi connectivity index (χ0n) is 26.2. The van der Waals surface area contributed by atoms with Crippen molar-refractivity contribution in [2.24, 2.45) is 0 Å². The van der Waals surface area contributed by atoms with Gasteiger partial charge in [-0.3, -0.25) is 13.9 Å². The number of nitrogens with zero attached hydrogens (tertiary/aromatic N) is 2. The molecule has 0 heterocycles. The smallest absolute Gasteiger partial charge is 0.243 e. The number of hydrogen-bond acceptors (Lipinski definition) is 5. The highest BCUT2D eigenvalue weighted by Gasteiger charge is 2.32. The van der Waals surface area contributed by atoms with Gasteiger partial charge in [-0.05, 0) is 61.6 Å². The van der Waals surface area contributed by atoms with Gasteiger partial charge in [0.2, 0.25) is 21.8 Å². The van der Waals surface area contributed by atoms with Crippen molar-refractivity contribution in [3.05, 3.63) is 94.5 Å². The van der Waals surface area contributed by atoms with Gasteiger partial charge in [-0.15, -0.1) is 0 Å². The standard InChI is InChI=1S/C35H44BrN3O5S/c1-3-44-33-21-11-10-20-31(33)39(45(2,42)43)23-13-22-34(40)38(26-28-16-12-17-29(36)24-28)32(25-27-14-6-4-7-15-27)35(41)37-30-18-8-5-9-19-30/h4,6-7,10-12,14-17,20-21,24,30,32H,3,5,8-9,13,18-19,22-23,25-26H2,1-2H3,(H,37,41). The second kappa shape index (κ2) is 16.8. The van der Waals surface area contributed by atoms with Crippen molar-refractivity contribution < 1.29 is 22.7 Å². The fourth-order valence-electron chi connectivity index (χ4n) is 5.85. The Bertz CT molecular complexity index is 1510. The number of carbonyl (C=O) groups excluding carboxylic acids is 2. The monoisotopic (exact) mass is 697 g/mol. The molecule has 4 rings (SSSR count). The van der Waals surface area contributed by atoms with Crippen LogP contribution >= 0.6 is 15.9 Å². The topological polar surface area (TPSA) is 96.0 Å². The largest absolute Gasteiger partial charge is 0.492 e. The quantitative estimate of drug-likeness (QED) is 0.196. The summed E-state index contributed by atoms with van der Waals surface area (Å²) in [5, 5.41) is 3.26. The summed E-state index contributed by atoms with van der Waals surface area (Å²) in [5.41, 5.74) is 2.29. The minimum Gasteiger partial charge on any atom is -0.492 e. The lowest BCUT2D eigenvalue weighted by molar-refractivity contribution is -0.141. The molecule has 1 atom stereocenters. The van der Waals surface area contributed by atoms with E-state index in [1.54, 1.807) is 29.2 Å². The number of para-hydroxylation sites is 2. The van der Waals surface area contributed by atoms with Gasteiger partial charge in [-0.2, -0.15) is 0 Å². The van der Waals surface area contributed by atoms with Crippen LogP contribution in [0.1, 0.15) is 63.0 Å². The van der Waals surface area contributed by atoms with Gasteiger partial charge in [0.05, 0.1) is 18.6 Å². The Morgan fingerprint density at radius 2 is 1.64 bits per heavy atom. The summed E-state index contributed by atoms with van der Waals surface area (Å²) in [6, 6.07) is 23.9. The van der Waals surface area contributed by atoms with E-state index < -0.39 is 16.1 Å². The van der Waals surface area contributed by atoms with Gasteiger partial charge in [-0.25, -0.2) is 8.42 Å². The Morgan fingerprint density at radius 1 is 0.956 bits per heavy atom. The Balaban J connectivity index is 1.60. The van der Waals surface area contributed by atoms with E-state index in [2.05, 4.69) is 21.2 Å². The van der Waals surface area contributed by atoms with E-state index in [-0.39, 0.29) is 43.8 Å². The summed E-state index contributed by atoms with van der Waals surface area (Å²) in [6.07, 6.45) is 7.08. The molecule has 1 aliphatic carbocycles. The second-order valence-corrected chi connectivity index (χ2v) is 14.4. The average Bonchev–Trinajstić information content (AvgIpc) is 3.02. The van der Waals surface area contributed by atoms with Crippen LogP contribution in [0.15, 0.2) is 83.3 Å². The summed E-state index contributed by atoms with van der Waals surface area (Å²) in [6.45, 7) is 2.58. The summed E-state index contributed by atoms with van der Waals surface area (Å²) in [7, 11) is -3.66.